The van der Waals surface area contributed by atoms with E-state index >= 15 is 0 Å². The summed E-state index contributed by atoms with van der Waals surface area (Å²) in [5, 5.41) is 0. The lowest BCUT2D eigenvalue weighted by Crippen LogP contribution is -2.57. The summed E-state index contributed by atoms with van der Waals surface area (Å²) in [7, 11) is 1.67. The van der Waals surface area contributed by atoms with Gasteiger partial charge < -0.3 is 15.2 Å². The molecule has 1 aromatic heterocycles. The van der Waals surface area contributed by atoms with E-state index in [2.05, 4.69) is 11.1 Å². The van der Waals surface area contributed by atoms with Gasteiger partial charge in [-0.05, 0) is 29.5 Å². The van der Waals surface area contributed by atoms with Crippen LogP contribution in [0.25, 0.3) is 11.1 Å². The topological polar surface area (TPSA) is 81.2 Å². The molecule has 1 aliphatic carbocycles. The lowest BCUT2D eigenvalue weighted by molar-refractivity contribution is -0.140. The Morgan fingerprint density at radius 2 is 2.12 bits per heavy atom. The molecule has 136 valence electrons. The van der Waals surface area contributed by atoms with Crippen LogP contribution in [0.1, 0.15) is 23.5 Å². The summed E-state index contributed by atoms with van der Waals surface area (Å²) in [5.74, 6) is -0.202. The van der Waals surface area contributed by atoms with Gasteiger partial charge in [-0.15, -0.1) is 0 Å². The maximum Gasteiger partial charge on any atom is 0.347 e. The molecule has 1 saturated heterocycles. The smallest absolute Gasteiger partial charge is 0.335 e. The number of hydrogen-bond donors (Lipinski definition) is 1. The lowest BCUT2D eigenvalue weighted by atomic mass is 9.91. The van der Waals surface area contributed by atoms with Gasteiger partial charge in [0.1, 0.15) is 6.17 Å². The molecule has 7 heteroatoms. The highest BCUT2D eigenvalue weighted by Crippen LogP contribution is 2.37. The molecule has 1 fully saturated rings. The second-order valence-electron chi connectivity index (χ2n) is 7.16. The monoisotopic (exact) mass is 356 g/mol. The van der Waals surface area contributed by atoms with Gasteiger partial charge in [0.05, 0.1) is 19.1 Å². The maximum atomic E-state index is 13.0. The first-order valence-corrected chi connectivity index (χ1v) is 8.78. The number of halogens is 1. The van der Waals surface area contributed by atoms with E-state index in [-0.39, 0.29) is 30.6 Å². The van der Waals surface area contributed by atoms with Crippen LogP contribution in [-0.2, 0) is 18.3 Å². The van der Waals surface area contributed by atoms with E-state index in [9.17, 15) is 14.0 Å². The average Bonchev–Trinajstić information content (AvgIpc) is 3.03. The molecule has 2 atom stereocenters. The van der Waals surface area contributed by atoms with E-state index in [0.717, 1.165) is 35.1 Å². The molecule has 0 radical (unpaired) electrons. The SMILES string of the molecule is Cn1cc(-c2ccc3c(c2)CC[C@@H]3[C@H](N)C(=O)N2CC(F)C2)cnc1=O. The highest BCUT2D eigenvalue weighted by molar-refractivity contribution is 5.84. The van der Waals surface area contributed by atoms with E-state index in [1.54, 1.807) is 19.4 Å². The third kappa shape index (κ3) is 2.82. The second kappa shape index (κ2) is 6.32. The molecule has 2 N–H and O–H groups in total. The minimum atomic E-state index is -0.917. The zero-order valence-electron chi connectivity index (χ0n) is 14.6. The summed E-state index contributed by atoms with van der Waals surface area (Å²) in [6.45, 7) is 0.315. The predicted octanol–water partition coefficient (Wildman–Crippen LogP) is 0.985. The number of nitrogens with zero attached hydrogens (tertiary/aromatic N) is 3. The highest BCUT2D eigenvalue weighted by Gasteiger charge is 2.38. The summed E-state index contributed by atoms with van der Waals surface area (Å²) in [4.78, 5) is 29.2. The van der Waals surface area contributed by atoms with Gasteiger partial charge in [-0.2, -0.15) is 0 Å². The number of hydrogen-bond acceptors (Lipinski definition) is 4. The standard InChI is InChI=1S/C19H21FN4O2/c1-23-8-13(7-22-19(23)26)11-2-4-15-12(6-11)3-5-16(15)17(21)18(25)24-9-14(20)10-24/h2,4,6-8,14,16-17H,3,5,9-10,21H2,1H3/t16-,17-/m0/s1. The van der Waals surface area contributed by atoms with E-state index in [4.69, 9.17) is 5.73 Å². The van der Waals surface area contributed by atoms with Crippen LogP contribution in [0.3, 0.4) is 0 Å². The first kappa shape index (κ1) is 16.9. The Kier molecular flexibility index (Phi) is 4.11. The van der Waals surface area contributed by atoms with Gasteiger partial charge in [0.2, 0.25) is 5.91 Å². The normalized spacial score (nSPS) is 20.6. The van der Waals surface area contributed by atoms with Gasteiger partial charge in [-0.1, -0.05) is 18.2 Å². The van der Waals surface area contributed by atoms with Crippen molar-refractivity contribution in [3.8, 4) is 11.1 Å². The molecule has 0 bridgehead atoms. The highest BCUT2D eigenvalue weighted by atomic mass is 19.1. The minimum absolute atomic E-state index is 0.0385. The Hall–Kier alpha value is -2.54. The molecule has 0 spiro atoms. The molecule has 1 aromatic carbocycles. The first-order valence-electron chi connectivity index (χ1n) is 8.78. The summed E-state index contributed by atoms with van der Waals surface area (Å²) in [6, 6.07) is 5.43. The van der Waals surface area contributed by atoms with Crippen LogP contribution in [0.5, 0.6) is 0 Å². The van der Waals surface area contributed by atoms with Crippen LogP contribution in [0, 0.1) is 0 Å². The number of amides is 1. The number of likely N-dealkylation sites (tertiary alicyclic amines) is 1. The molecular formula is C19H21FN4O2. The molecule has 1 amide bonds. The van der Waals surface area contributed by atoms with Gasteiger partial charge >= 0.3 is 5.69 Å². The number of aryl methyl sites for hydroxylation is 2. The predicted molar refractivity (Wildman–Crippen MR) is 95.4 cm³/mol. The number of rotatable bonds is 3. The van der Waals surface area contributed by atoms with Crippen molar-refractivity contribution in [2.45, 2.75) is 31.0 Å². The van der Waals surface area contributed by atoms with Crippen LogP contribution in [0.2, 0.25) is 0 Å². The van der Waals surface area contributed by atoms with Crippen LogP contribution >= 0.6 is 0 Å². The minimum Gasteiger partial charge on any atom is -0.335 e. The molecule has 26 heavy (non-hydrogen) atoms. The number of fused-ring (bicyclic) bond motifs is 1. The molecule has 1 aliphatic heterocycles. The zero-order chi connectivity index (χ0) is 18.4. The first-order chi connectivity index (χ1) is 12.4. The van der Waals surface area contributed by atoms with Crippen LogP contribution in [-0.4, -0.2) is 45.7 Å². The van der Waals surface area contributed by atoms with Crippen LogP contribution in [0.4, 0.5) is 4.39 Å². The Morgan fingerprint density at radius 3 is 2.81 bits per heavy atom. The quantitative estimate of drug-likeness (QED) is 0.889. The van der Waals surface area contributed by atoms with Gasteiger partial charge in [-0.3, -0.25) is 4.79 Å². The van der Waals surface area contributed by atoms with Crippen molar-refractivity contribution < 1.29 is 9.18 Å². The Bertz CT molecular complexity index is 920. The van der Waals surface area contributed by atoms with Crippen LogP contribution in [0.15, 0.2) is 35.4 Å². The Balaban J connectivity index is 1.57. The molecule has 2 aromatic rings. The lowest BCUT2D eigenvalue weighted by Gasteiger charge is -2.37. The third-order valence-corrected chi connectivity index (χ3v) is 5.42. The van der Waals surface area contributed by atoms with Crippen LogP contribution < -0.4 is 11.4 Å². The summed E-state index contributed by atoms with van der Waals surface area (Å²) in [6.07, 6.45) is 4.07. The van der Waals surface area contributed by atoms with Crippen molar-refractivity contribution in [1.82, 2.24) is 14.5 Å². The number of alkyl halides is 1. The third-order valence-electron chi connectivity index (χ3n) is 5.42. The van der Waals surface area contributed by atoms with Gasteiger partial charge in [0.25, 0.3) is 0 Å². The summed E-state index contributed by atoms with van der Waals surface area (Å²) < 4.78 is 14.5. The fraction of sp³-hybridized carbons (Fsp3) is 0.421. The zero-order valence-corrected chi connectivity index (χ0v) is 14.6. The molecule has 4 rings (SSSR count). The van der Waals surface area contributed by atoms with Crippen molar-refractivity contribution in [2.75, 3.05) is 13.1 Å². The van der Waals surface area contributed by atoms with Crippen molar-refractivity contribution in [3.63, 3.8) is 0 Å². The van der Waals surface area contributed by atoms with Gasteiger partial charge in [0.15, 0.2) is 0 Å². The van der Waals surface area contributed by atoms with E-state index in [0.29, 0.717) is 0 Å². The van der Waals surface area contributed by atoms with E-state index in [1.807, 2.05) is 12.1 Å². The van der Waals surface area contributed by atoms with Crippen molar-refractivity contribution in [3.05, 3.63) is 52.2 Å². The summed E-state index contributed by atoms with van der Waals surface area (Å²) in [5.41, 5.74) is 10.0. The molecule has 2 aliphatic rings. The number of carbonyl (C=O) groups is 1. The van der Waals surface area contributed by atoms with E-state index < -0.39 is 12.2 Å². The fourth-order valence-electron chi connectivity index (χ4n) is 3.85. The maximum absolute atomic E-state index is 13.0. The number of nitrogens with two attached hydrogens (primary N) is 1. The molecule has 0 saturated carbocycles. The largest absolute Gasteiger partial charge is 0.347 e. The molecular weight excluding hydrogens is 335 g/mol. The van der Waals surface area contributed by atoms with Gasteiger partial charge in [-0.25, -0.2) is 14.2 Å². The van der Waals surface area contributed by atoms with Crippen molar-refractivity contribution >= 4 is 5.91 Å². The molecule has 2 heterocycles. The Labute approximate surface area is 150 Å². The van der Waals surface area contributed by atoms with E-state index in [1.165, 1.54) is 9.47 Å². The number of carbonyl (C=O) groups excluding carboxylic acids is 1. The molecule has 0 unspecified atom stereocenters. The fourth-order valence-corrected chi connectivity index (χ4v) is 3.85. The Morgan fingerprint density at radius 1 is 1.35 bits per heavy atom. The average molecular weight is 356 g/mol. The van der Waals surface area contributed by atoms with Crippen molar-refractivity contribution in [1.29, 1.82) is 0 Å². The van der Waals surface area contributed by atoms with Gasteiger partial charge in [0, 0.05) is 30.9 Å². The number of benzene rings is 1. The second-order valence-corrected chi connectivity index (χ2v) is 7.16. The number of aromatic nitrogens is 2. The molecule has 6 nitrogen and oxygen atoms in total. The summed E-state index contributed by atoms with van der Waals surface area (Å²) >= 11 is 0. The van der Waals surface area contributed by atoms with Crippen molar-refractivity contribution in [2.24, 2.45) is 12.8 Å².